The Morgan fingerprint density at radius 2 is 1.76 bits per heavy atom. The fraction of sp³-hybridized carbons (Fsp3) is 0.444. The zero-order chi connectivity index (χ0) is 23.5. The summed E-state index contributed by atoms with van der Waals surface area (Å²) >= 11 is 0. The summed E-state index contributed by atoms with van der Waals surface area (Å²) < 4.78 is 7.11. The molecule has 2 aromatic heterocycles. The van der Waals surface area contributed by atoms with Gasteiger partial charge in [-0.3, -0.25) is 24.8 Å². The molecule has 4 saturated carbocycles. The minimum atomic E-state index is -0.439. The Morgan fingerprint density at radius 1 is 1.03 bits per heavy atom. The number of hydrogen-bond donors (Lipinski definition) is 2. The first-order valence-electron chi connectivity index (χ1n) is 12.1. The first-order valence-corrected chi connectivity index (χ1v) is 12.1. The van der Waals surface area contributed by atoms with Crippen molar-refractivity contribution in [3.8, 4) is 5.75 Å². The number of carbonyl (C=O) groups is 2. The van der Waals surface area contributed by atoms with Gasteiger partial charge in [0.05, 0.1) is 18.2 Å². The second kappa shape index (κ2) is 7.58. The molecule has 0 aliphatic heterocycles. The average Bonchev–Trinajstić information content (AvgIpc) is 3.17. The number of ether oxygens (including phenoxy) is 1. The predicted octanol–water partition coefficient (Wildman–Crippen LogP) is 3.95. The number of benzene rings is 1. The van der Waals surface area contributed by atoms with Crippen molar-refractivity contribution in [1.82, 2.24) is 20.2 Å². The molecule has 0 saturated heterocycles. The largest absolute Gasteiger partial charge is 0.497 e. The van der Waals surface area contributed by atoms with Crippen LogP contribution < -0.4 is 15.6 Å². The molecule has 2 amide bonds. The molecule has 4 bridgehead atoms. The molecule has 0 spiro atoms. The first kappa shape index (κ1) is 21.2. The lowest BCUT2D eigenvalue weighted by molar-refractivity contribution is -0.149. The van der Waals surface area contributed by atoms with Crippen LogP contribution in [0.25, 0.3) is 5.65 Å². The second-order valence-corrected chi connectivity index (χ2v) is 10.6. The van der Waals surface area contributed by atoms with Gasteiger partial charge in [-0.15, -0.1) is 0 Å². The highest BCUT2D eigenvalue weighted by Crippen LogP contribution is 2.65. The number of rotatable bonds is 4. The van der Waals surface area contributed by atoms with Gasteiger partial charge in [-0.25, -0.2) is 4.98 Å². The molecule has 1 aromatic carbocycles. The van der Waals surface area contributed by atoms with E-state index in [2.05, 4.69) is 28.0 Å². The van der Waals surface area contributed by atoms with E-state index < -0.39 is 5.41 Å². The zero-order valence-electron chi connectivity index (χ0n) is 19.6. The van der Waals surface area contributed by atoms with E-state index >= 15 is 0 Å². The Bertz CT molecular complexity index is 1260. The molecule has 4 fully saturated rings. The van der Waals surface area contributed by atoms with Gasteiger partial charge in [-0.05, 0) is 92.5 Å². The maximum absolute atomic E-state index is 13.6. The lowest BCUT2D eigenvalue weighted by Gasteiger charge is -2.61. The van der Waals surface area contributed by atoms with Gasteiger partial charge in [0, 0.05) is 6.20 Å². The van der Waals surface area contributed by atoms with Crippen LogP contribution in [0, 0.1) is 24.2 Å². The molecule has 2 N–H and O–H groups in total. The number of hydrazine groups is 1. The molecule has 4 aliphatic carbocycles. The minimum absolute atomic E-state index is 0.0238. The number of pyridine rings is 1. The van der Waals surface area contributed by atoms with Crippen molar-refractivity contribution in [2.24, 2.45) is 17.3 Å². The molecule has 4 aliphatic rings. The molecule has 7 heteroatoms. The Kier molecular flexibility index (Phi) is 4.73. The van der Waals surface area contributed by atoms with E-state index in [1.165, 1.54) is 12.0 Å². The van der Waals surface area contributed by atoms with E-state index in [4.69, 9.17) is 4.74 Å². The Morgan fingerprint density at radius 3 is 2.47 bits per heavy atom. The fourth-order valence-electron chi connectivity index (χ4n) is 7.50. The van der Waals surface area contributed by atoms with Crippen molar-refractivity contribution >= 4 is 17.5 Å². The summed E-state index contributed by atoms with van der Waals surface area (Å²) in [4.78, 5) is 31.1. The molecule has 2 heterocycles. The maximum atomic E-state index is 13.6. The van der Waals surface area contributed by atoms with Crippen molar-refractivity contribution in [1.29, 1.82) is 0 Å². The van der Waals surface area contributed by atoms with Gasteiger partial charge in [0.1, 0.15) is 17.1 Å². The number of aromatic nitrogens is 2. The number of fused-ring (bicyclic) bond motifs is 1. The summed E-state index contributed by atoms with van der Waals surface area (Å²) in [5.74, 6) is 1.54. The van der Waals surface area contributed by atoms with E-state index in [1.807, 2.05) is 36.5 Å². The van der Waals surface area contributed by atoms with Crippen LogP contribution in [0.1, 0.15) is 60.3 Å². The normalized spacial score (nSPS) is 29.2. The summed E-state index contributed by atoms with van der Waals surface area (Å²) in [7, 11) is 1.68. The summed E-state index contributed by atoms with van der Waals surface area (Å²) in [6.45, 7) is 1.81. The fourth-order valence-corrected chi connectivity index (χ4v) is 7.50. The molecular formula is C27H30N4O3. The van der Waals surface area contributed by atoms with E-state index in [9.17, 15) is 9.59 Å². The Balaban J connectivity index is 1.23. The number of carbonyl (C=O) groups excluding carboxylic acids is 2. The van der Waals surface area contributed by atoms with E-state index in [1.54, 1.807) is 18.4 Å². The van der Waals surface area contributed by atoms with Crippen LogP contribution >= 0.6 is 0 Å². The third-order valence-electron chi connectivity index (χ3n) is 8.45. The lowest BCUT2D eigenvalue weighted by Crippen LogP contribution is -2.61. The third kappa shape index (κ3) is 3.21. The van der Waals surface area contributed by atoms with Gasteiger partial charge in [0.25, 0.3) is 5.91 Å². The molecule has 7 rings (SSSR count). The predicted molar refractivity (Wildman–Crippen MR) is 127 cm³/mol. The highest BCUT2D eigenvalue weighted by molar-refractivity contribution is 5.96. The summed E-state index contributed by atoms with van der Waals surface area (Å²) in [6.07, 6.45) is 7.92. The monoisotopic (exact) mass is 458 g/mol. The molecular weight excluding hydrogens is 428 g/mol. The average molecular weight is 459 g/mol. The summed E-state index contributed by atoms with van der Waals surface area (Å²) in [5.41, 5.74) is 8.18. The molecule has 176 valence electrons. The number of imidazole rings is 1. The number of nitrogens with one attached hydrogen (secondary N) is 2. The van der Waals surface area contributed by atoms with Crippen LogP contribution in [-0.2, 0) is 10.2 Å². The topological polar surface area (TPSA) is 84.7 Å². The van der Waals surface area contributed by atoms with Crippen LogP contribution in [0.4, 0.5) is 0 Å². The summed E-state index contributed by atoms with van der Waals surface area (Å²) in [5, 5.41) is 0. The molecule has 34 heavy (non-hydrogen) atoms. The van der Waals surface area contributed by atoms with E-state index in [0.717, 1.165) is 37.9 Å². The standard InChI is InChI=1S/C27H30N4O3/c1-17-23(31-10-4-3-5-22(31)28-17)24(32)29-30-25(33)27-14-18-11-19(15-27)13-26(12-18,16-27)20-6-8-21(34-2)9-7-20/h3-10,18-19H,11-16H2,1-2H3,(H,29,32)(H,30,33). The second-order valence-electron chi connectivity index (χ2n) is 10.6. The van der Waals surface area contributed by atoms with Gasteiger partial charge in [-0.2, -0.15) is 0 Å². The summed E-state index contributed by atoms with van der Waals surface area (Å²) in [6, 6.07) is 14.0. The van der Waals surface area contributed by atoms with Crippen molar-refractivity contribution < 1.29 is 14.3 Å². The Hall–Kier alpha value is -3.35. The SMILES string of the molecule is COc1ccc(C23CC4CC(CC(C(=O)NNC(=O)c5c(C)nc6ccccn56)(C4)C2)C3)cc1. The zero-order valence-corrected chi connectivity index (χ0v) is 19.6. The highest BCUT2D eigenvalue weighted by Gasteiger charge is 2.61. The van der Waals surface area contributed by atoms with E-state index in [0.29, 0.717) is 28.9 Å². The van der Waals surface area contributed by atoms with Gasteiger partial charge in [0.15, 0.2) is 0 Å². The third-order valence-corrected chi connectivity index (χ3v) is 8.45. The van der Waals surface area contributed by atoms with Gasteiger partial charge in [-0.1, -0.05) is 18.2 Å². The van der Waals surface area contributed by atoms with Crippen molar-refractivity contribution in [3.63, 3.8) is 0 Å². The van der Waals surface area contributed by atoms with Crippen LogP contribution in [0.5, 0.6) is 5.75 Å². The smallest absolute Gasteiger partial charge is 0.288 e. The minimum Gasteiger partial charge on any atom is -0.497 e. The number of methoxy groups -OCH3 is 1. The maximum Gasteiger partial charge on any atom is 0.288 e. The van der Waals surface area contributed by atoms with Crippen LogP contribution in [0.3, 0.4) is 0 Å². The molecule has 7 nitrogen and oxygen atoms in total. The van der Waals surface area contributed by atoms with Crippen LogP contribution in [-0.4, -0.2) is 28.3 Å². The van der Waals surface area contributed by atoms with E-state index in [-0.39, 0.29) is 17.2 Å². The van der Waals surface area contributed by atoms with Crippen molar-refractivity contribution in [3.05, 3.63) is 65.6 Å². The Labute approximate surface area is 198 Å². The number of nitrogens with zero attached hydrogens (tertiary/aromatic N) is 2. The highest BCUT2D eigenvalue weighted by atomic mass is 16.5. The first-order chi connectivity index (χ1) is 16.4. The van der Waals surface area contributed by atoms with Gasteiger partial charge < -0.3 is 4.74 Å². The quantitative estimate of drug-likeness (QED) is 0.580. The van der Waals surface area contributed by atoms with Gasteiger partial charge in [0.2, 0.25) is 5.91 Å². The van der Waals surface area contributed by atoms with Crippen LogP contribution in [0.2, 0.25) is 0 Å². The number of hydrogen-bond acceptors (Lipinski definition) is 4. The molecule has 0 radical (unpaired) electrons. The molecule has 2 unspecified atom stereocenters. The number of aryl methyl sites for hydroxylation is 1. The molecule has 3 aromatic rings. The van der Waals surface area contributed by atoms with Gasteiger partial charge >= 0.3 is 0 Å². The lowest BCUT2D eigenvalue weighted by atomic mass is 9.42. The van der Waals surface area contributed by atoms with Crippen molar-refractivity contribution in [2.45, 2.75) is 50.9 Å². The van der Waals surface area contributed by atoms with Crippen LogP contribution in [0.15, 0.2) is 48.7 Å². The number of amides is 2. The van der Waals surface area contributed by atoms with Crippen molar-refractivity contribution in [2.75, 3.05) is 7.11 Å². The molecule has 2 atom stereocenters.